The number of esters is 3. The Kier molecular flexibility index (Phi) is 61.8. The van der Waals surface area contributed by atoms with Crippen molar-refractivity contribution in [3.8, 4) is 0 Å². The van der Waals surface area contributed by atoms with E-state index in [1.165, 1.54) is 122 Å². The molecule has 1 atom stereocenters. The van der Waals surface area contributed by atoms with Crippen molar-refractivity contribution < 1.29 is 28.6 Å². The summed E-state index contributed by atoms with van der Waals surface area (Å²) >= 11 is 0. The molecule has 6 nitrogen and oxygen atoms in total. The van der Waals surface area contributed by atoms with Crippen LogP contribution in [-0.4, -0.2) is 37.2 Å². The van der Waals surface area contributed by atoms with Gasteiger partial charge in [-0.3, -0.25) is 14.4 Å². The van der Waals surface area contributed by atoms with Crippen molar-refractivity contribution in [1.82, 2.24) is 0 Å². The maximum atomic E-state index is 12.9. The molecule has 0 radical (unpaired) electrons. The first-order chi connectivity index (χ1) is 38.5. The Bertz CT molecular complexity index is 1620. The van der Waals surface area contributed by atoms with Crippen LogP contribution in [0.1, 0.15) is 297 Å². The van der Waals surface area contributed by atoms with Crippen molar-refractivity contribution in [2.75, 3.05) is 13.2 Å². The molecule has 0 fully saturated rings. The van der Waals surface area contributed by atoms with E-state index in [0.29, 0.717) is 19.3 Å². The van der Waals surface area contributed by atoms with Gasteiger partial charge in [0.05, 0.1) is 0 Å². The normalized spacial score (nSPS) is 12.9. The number of allylic oxidation sites excluding steroid dienone is 20. The van der Waals surface area contributed by atoms with Crippen molar-refractivity contribution in [3.63, 3.8) is 0 Å². The zero-order valence-electron chi connectivity index (χ0n) is 50.9. The third kappa shape index (κ3) is 62.7. The summed E-state index contributed by atoms with van der Waals surface area (Å²) in [6.07, 6.45) is 90.8. The van der Waals surface area contributed by atoms with Crippen LogP contribution in [0.3, 0.4) is 0 Å². The summed E-state index contributed by atoms with van der Waals surface area (Å²) in [5.41, 5.74) is 0. The van der Waals surface area contributed by atoms with E-state index in [-0.39, 0.29) is 31.1 Å². The molecule has 0 aliphatic rings. The number of hydrogen-bond acceptors (Lipinski definition) is 6. The van der Waals surface area contributed by atoms with E-state index in [1.54, 1.807) is 0 Å². The summed E-state index contributed by atoms with van der Waals surface area (Å²) in [6.45, 7) is 6.49. The lowest BCUT2D eigenvalue weighted by molar-refractivity contribution is -0.167. The lowest BCUT2D eigenvalue weighted by Gasteiger charge is -2.18. The quantitative estimate of drug-likeness (QED) is 0.0261. The molecule has 0 saturated heterocycles. The largest absolute Gasteiger partial charge is 0.462 e. The predicted octanol–water partition coefficient (Wildman–Crippen LogP) is 22.4. The van der Waals surface area contributed by atoms with Crippen molar-refractivity contribution in [2.45, 2.75) is 303 Å². The summed E-state index contributed by atoms with van der Waals surface area (Å²) < 4.78 is 16.8. The molecule has 0 aromatic carbocycles. The van der Waals surface area contributed by atoms with E-state index < -0.39 is 6.10 Å². The molecule has 0 amide bonds. The van der Waals surface area contributed by atoms with Gasteiger partial charge in [0.2, 0.25) is 0 Å². The average Bonchev–Trinajstić information content (AvgIpc) is 3.44. The van der Waals surface area contributed by atoms with Gasteiger partial charge in [0.1, 0.15) is 13.2 Å². The lowest BCUT2D eigenvalue weighted by atomic mass is 10.1. The summed E-state index contributed by atoms with van der Waals surface area (Å²) in [5, 5.41) is 0. The first-order valence-corrected chi connectivity index (χ1v) is 32.5. The molecule has 0 heterocycles. The highest BCUT2D eigenvalue weighted by atomic mass is 16.6. The Hall–Kier alpha value is -4.19. The Morgan fingerprint density at radius 1 is 0.269 bits per heavy atom. The number of hydrogen-bond donors (Lipinski definition) is 0. The second-order valence-electron chi connectivity index (χ2n) is 21.3. The van der Waals surface area contributed by atoms with Crippen LogP contribution in [0.2, 0.25) is 0 Å². The first-order valence-electron chi connectivity index (χ1n) is 32.5. The van der Waals surface area contributed by atoms with Crippen molar-refractivity contribution in [1.29, 1.82) is 0 Å². The molecule has 0 aliphatic heterocycles. The highest BCUT2D eigenvalue weighted by Gasteiger charge is 2.19. The highest BCUT2D eigenvalue weighted by molar-refractivity contribution is 5.71. The van der Waals surface area contributed by atoms with E-state index >= 15 is 0 Å². The molecule has 0 aromatic rings. The van der Waals surface area contributed by atoms with Gasteiger partial charge >= 0.3 is 17.9 Å². The monoisotopic (exact) mass is 1080 g/mol. The minimum Gasteiger partial charge on any atom is -0.462 e. The summed E-state index contributed by atoms with van der Waals surface area (Å²) in [6, 6.07) is 0. The highest BCUT2D eigenvalue weighted by Crippen LogP contribution is 2.15. The van der Waals surface area contributed by atoms with Crippen LogP contribution in [0.25, 0.3) is 0 Å². The van der Waals surface area contributed by atoms with E-state index in [0.717, 1.165) is 135 Å². The van der Waals surface area contributed by atoms with Gasteiger partial charge in [-0.05, 0) is 116 Å². The number of unbranched alkanes of at least 4 members (excludes halogenated alkanes) is 27. The second-order valence-corrected chi connectivity index (χ2v) is 21.3. The third-order valence-electron chi connectivity index (χ3n) is 13.7. The van der Waals surface area contributed by atoms with Gasteiger partial charge in [-0.2, -0.15) is 0 Å². The molecule has 444 valence electrons. The van der Waals surface area contributed by atoms with Gasteiger partial charge in [-0.25, -0.2) is 0 Å². The summed E-state index contributed by atoms with van der Waals surface area (Å²) in [7, 11) is 0. The second kappa shape index (κ2) is 65.3. The zero-order valence-corrected chi connectivity index (χ0v) is 50.9. The fourth-order valence-electron chi connectivity index (χ4n) is 8.84. The lowest BCUT2D eigenvalue weighted by Crippen LogP contribution is -2.30. The van der Waals surface area contributed by atoms with Crippen LogP contribution in [-0.2, 0) is 28.6 Å². The summed E-state index contributed by atoms with van der Waals surface area (Å²) in [5.74, 6) is -0.906. The zero-order chi connectivity index (χ0) is 56.4. The summed E-state index contributed by atoms with van der Waals surface area (Å²) in [4.78, 5) is 38.1. The van der Waals surface area contributed by atoms with Crippen LogP contribution >= 0.6 is 0 Å². The molecule has 0 rings (SSSR count). The third-order valence-corrected chi connectivity index (χ3v) is 13.7. The van der Waals surface area contributed by atoms with Gasteiger partial charge in [0, 0.05) is 19.3 Å². The molecule has 0 N–H and O–H groups in total. The molecule has 1 unspecified atom stereocenters. The van der Waals surface area contributed by atoms with E-state index in [2.05, 4.69) is 142 Å². The van der Waals surface area contributed by atoms with Crippen molar-refractivity contribution >= 4 is 17.9 Å². The van der Waals surface area contributed by atoms with Gasteiger partial charge in [-0.15, -0.1) is 0 Å². The molecular weight excluding hydrogens is 961 g/mol. The van der Waals surface area contributed by atoms with Crippen molar-refractivity contribution in [3.05, 3.63) is 122 Å². The van der Waals surface area contributed by atoms with Gasteiger partial charge in [0.15, 0.2) is 6.10 Å². The number of rotatable bonds is 58. The number of carbonyl (C=O) groups is 3. The minimum absolute atomic E-state index is 0.0846. The minimum atomic E-state index is -0.787. The maximum absolute atomic E-state index is 12.9. The number of ether oxygens (including phenoxy) is 3. The number of carbonyl (C=O) groups excluding carboxylic acids is 3. The van der Waals surface area contributed by atoms with Crippen molar-refractivity contribution in [2.24, 2.45) is 0 Å². The Labute approximate surface area is 482 Å². The van der Waals surface area contributed by atoms with E-state index in [9.17, 15) is 14.4 Å². The van der Waals surface area contributed by atoms with Gasteiger partial charge in [0.25, 0.3) is 0 Å². The standard InChI is InChI=1S/C72H120O6/c1-4-7-10-13-16-19-21-23-25-27-29-30-31-32-33-34-35-36-37-38-39-40-41-42-44-45-47-49-51-53-56-59-62-65-71(74)77-68-69(67-76-70(73)64-61-58-55-18-15-12-9-6-3)78-72(75)66-63-60-57-54-52-50-48-46-43-28-26-24-22-20-17-14-11-8-5-2/h7,10,16,19,23-26,29-30,32-33,35-36,38-39,41-42,45,47,69H,4-6,8-9,11-15,17-18,20-22,27-28,31,34,37,40,43-44,46,48-68H2,1-3H3/b10-7-,19-16-,25-23-,26-24-,30-29-,33-32-,36-35-,39-38-,42-41-,47-45-. The van der Waals surface area contributed by atoms with Crippen LogP contribution < -0.4 is 0 Å². The van der Waals surface area contributed by atoms with Gasteiger partial charge < -0.3 is 14.2 Å². The molecule has 0 spiro atoms. The van der Waals surface area contributed by atoms with Crippen LogP contribution in [0.15, 0.2) is 122 Å². The van der Waals surface area contributed by atoms with Crippen LogP contribution in [0, 0.1) is 0 Å². The molecule has 0 aliphatic carbocycles. The Morgan fingerprint density at radius 3 is 0.795 bits per heavy atom. The first kappa shape index (κ1) is 73.8. The maximum Gasteiger partial charge on any atom is 0.306 e. The van der Waals surface area contributed by atoms with E-state index in [1.807, 2.05) is 0 Å². The van der Waals surface area contributed by atoms with Crippen LogP contribution in [0.4, 0.5) is 0 Å². The fourth-order valence-corrected chi connectivity index (χ4v) is 8.84. The molecule has 0 saturated carbocycles. The SMILES string of the molecule is CC/C=C\C/C=C\C/C=C\C/C=C\C/C=C\C/C=C\C/C=C\C/C=C\C/C=C\CCCCCCCC(=O)OCC(COC(=O)CCCCCCCCCC)OC(=O)CCCCCCCCCCC/C=C\CCCCCCCC. The topological polar surface area (TPSA) is 78.9 Å². The Morgan fingerprint density at radius 2 is 0.500 bits per heavy atom. The van der Waals surface area contributed by atoms with Gasteiger partial charge in [-0.1, -0.05) is 284 Å². The molecule has 6 heteroatoms. The molecule has 0 bridgehead atoms. The molecular formula is C72H120O6. The smallest absolute Gasteiger partial charge is 0.306 e. The Balaban J connectivity index is 4.22. The molecule has 0 aromatic heterocycles. The van der Waals surface area contributed by atoms with E-state index in [4.69, 9.17) is 14.2 Å². The molecule has 78 heavy (non-hydrogen) atoms. The average molecular weight is 1080 g/mol. The predicted molar refractivity (Wildman–Crippen MR) is 339 cm³/mol. The fraction of sp³-hybridized carbons (Fsp3) is 0.681. The van der Waals surface area contributed by atoms with Crippen LogP contribution in [0.5, 0.6) is 0 Å².